The standard InChI is InChI=1S/C29H35F3N6O4/c1-4-19-18-37(28(39)21-9-12-24(40-5-2)36-25(21)29(30,31)32)15-16-38(19)23-11-10-22(35-27(23)42-17-13-33)20-8-7-14-34-26(20)41-6-3/h7-12,14,19H,4-6,13,15-18,33H2,1-3H3/t19-/m1/s1. The molecule has 0 spiro atoms. The van der Waals surface area contributed by atoms with Gasteiger partial charge in [-0.05, 0) is 50.6 Å². The van der Waals surface area contributed by atoms with Crippen LogP contribution in [0.25, 0.3) is 11.3 Å². The van der Waals surface area contributed by atoms with Crippen molar-refractivity contribution < 1.29 is 32.2 Å². The fourth-order valence-corrected chi connectivity index (χ4v) is 4.84. The molecule has 2 N–H and O–H groups in total. The summed E-state index contributed by atoms with van der Waals surface area (Å²) in [4.78, 5) is 29.6. The second-order valence-corrected chi connectivity index (χ2v) is 9.43. The van der Waals surface area contributed by atoms with Gasteiger partial charge < -0.3 is 29.7 Å². The molecule has 3 aromatic heterocycles. The average molecular weight is 589 g/mol. The summed E-state index contributed by atoms with van der Waals surface area (Å²) in [5, 5.41) is 0. The number of carbonyl (C=O) groups excluding carboxylic acids is 1. The fourth-order valence-electron chi connectivity index (χ4n) is 4.84. The third-order valence-corrected chi connectivity index (χ3v) is 6.74. The van der Waals surface area contributed by atoms with Crippen molar-refractivity contribution in [1.29, 1.82) is 0 Å². The SMILES string of the molecule is CCOc1ccc(C(=O)N2CCN(c3ccc(-c4cccnc4OCC)nc3OCCN)[C@H](CC)C2)c(C(F)(F)F)n1. The second kappa shape index (κ2) is 13.7. The quantitative estimate of drug-likeness (QED) is 0.347. The molecule has 0 radical (unpaired) electrons. The summed E-state index contributed by atoms with van der Waals surface area (Å²) in [6.45, 7) is 7.32. The lowest BCUT2D eigenvalue weighted by molar-refractivity contribution is -0.141. The van der Waals surface area contributed by atoms with E-state index in [4.69, 9.17) is 24.9 Å². The van der Waals surface area contributed by atoms with Crippen LogP contribution in [0.4, 0.5) is 18.9 Å². The number of halogens is 3. The molecule has 0 saturated carbocycles. The van der Waals surface area contributed by atoms with Gasteiger partial charge >= 0.3 is 6.18 Å². The van der Waals surface area contributed by atoms with E-state index in [0.717, 1.165) is 6.07 Å². The Morgan fingerprint density at radius 3 is 2.48 bits per heavy atom. The molecule has 4 rings (SSSR count). The van der Waals surface area contributed by atoms with Gasteiger partial charge in [-0.2, -0.15) is 13.2 Å². The van der Waals surface area contributed by atoms with Gasteiger partial charge in [-0.3, -0.25) is 4.79 Å². The third kappa shape index (κ3) is 6.84. The molecule has 3 aromatic rings. The first kappa shape index (κ1) is 30.8. The minimum absolute atomic E-state index is 0.153. The minimum Gasteiger partial charge on any atom is -0.478 e. The second-order valence-electron chi connectivity index (χ2n) is 9.43. The number of amides is 1. The number of pyridine rings is 3. The largest absolute Gasteiger partial charge is 0.478 e. The van der Waals surface area contributed by atoms with Gasteiger partial charge in [-0.1, -0.05) is 6.92 Å². The Kier molecular flexibility index (Phi) is 10.0. The normalized spacial score (nSPS) is 15.5. The molecular weight excluding hydrogens is 553 g/mol. The van der Waals surface area contributed by atoms with Crippen LogP contribution in [-0.4, -0.2) is 77.8 Å². The van der Waals surface area contributed by atoms with Crippen LogP contribution < -0.4 is 24.8 Å². The van der Waals surface area contributed by atoms with Crippen LogP contribution in [-0.2, 0) is 6.18 Å². The van der Waals surface area contributed by atoms with Gasteiger partial charge in [0.05, 0.1) is 30.0 Å². The van der Waals surface area contributed by atoms with Crippen LogP contribution in [0.3, 0.4) is 0 Å². The van der Waals surface area contributed by atoms with E-state index in [1.165, 1.54) is 11.0 Å². The lowest BCUT2D eigenvalue weighted by Crippen LogP contribution is -2.55. The number of ether oxygens (including phenoxy) is 3. The zero-order valence-corrected chi connectivity index (χ0v) is 23.9. The molecule has 1 amide bonds. The number of rotatable bonds is 11. The van der Waals surface area contributed by atoms with Crippen molar-refractivity contribution in [3.8, 4) is 28.9 Å². The maximum Gasteiger partial charge on any atom is 0.434 e. The van der Waals surface area contributed by atoms with Gasteiger partial charge in [-0.25, -0.2) is 15.0 Å². The van der Waals surface area contributed by atoms with E-state index < -0.39 is 23.3 Å². The molecular formula is C29H35F3N6O4. The van der Waals surface area contributed by atoms with Crippen LogP contribution in [0.2, 0.25) is 0 Å². The van der Waals surface area contributed by atoms with Crippen LogP contribution >= 0.6 is 0 Å². The Hall–Kier alpha value is -4.13. The summed E-state index contributed by atoms with van der Waals surface area (Å²) in [6.07, 6.45) is -2.56. The Morgan fingerprint density at radius 2 is 1.79 bits per heavy atom. The molecule has 0 unspecified atom stereocenters. The highest BCUT2D eigenvalue weighted by molar-refractivity contribution is 5.95. The van der Waals surface area contributed by atoms with Crippen molar-refractivity contribution in [3.05, 3.63) is 53.9 Å². The van der Waals surface area contributed by atoms with Crippen LogP contribution in [0.5, 0.6) is 17.6 Å². The van der Waals surface area contributed by atoms with Crippen molar-refractivity contribution >= 4 is 11.6 Å². The Morgan fingerprint density at radius 1 is 1.00 bits per heavy atom. The van der Waals surface area contributed by atoms with Gasteiger partial charge in [-0.15, -0.1) is 0 Å². The topological polar surface area (TPSA) is 116 Å². The number of piperazine rings is 1. The first-order valence-corrected chi connectivity index (χ1v) is 13.9. The smallest absolute Gasteiger partial charge is 0.434 e. The predicted molar refractivity (Wildman–Crippen MR) is 151 cm³/mol. The molecule has 0 aliphatic carbocycles. The van der Waals surface area contributed by atoms with Crippen LogP contribution in [0, 0.1) is 0 Å². The van der Waals surface area contributed by atoms with Crippen molar-refractivity contribution in [2.75, 3.05) is 50.9 Å². The van der Waals surface area contributed by atoms with Crippen molar-refractivity contribution in [1.82, 2.24) is 19.9 Å². The summed E-state index contributed by atoms with van der Waals surface area (Å²) >= 11 is 0. The first-order valence-electron chi connectivity index (χ1n) is 13.9. The molecule has 0 aromatic carbocycles. The van der Waals surface area contributed by atoms with Gasteiger partial charge in [0, 0.05) is 44.5 Å². The van der Waals surface area contributed by atoms with Crippen molar-refractivity contribution in [2.24, 2.45) is 5.73 Å². The highest BCUT2D eigenvalue weighted by Crippen LogP contribution is 2.36. The van der Waals surface area contributed by atoms with E-state index in [9.17, 15) is 18.0 Å². The number of hydrogen-bond acceptors (Lipinski definition) is 9. The highest BCUT2D eigenvalue weighted by Gasteiger charge is 2.40. The average Bonchev–Trinajstić information content (AvgIpc) is 2.99. The number of nitrogens with zero attached hydrogens (tertiary/aromatic N) is 5. The molecule has 1 fully saturated rings. The zero-order valence-electron chi connectivity index (χ0n) is 23.9. The molecule has 1 aliphatic heterocycles. The maximum atomic E-state index is 13.9. The van der Waals surface area contributed by atoms with Crippen LogP contribution in [0.15, 0.2) is 42.6 Å². The molecule has 13 heteroatoms. The zero-order chi connectivity index (χ0) is 30.3. The molecule has 1 aliphatic rings. The predicted octanol–water partition coefficient (Wildman–Crippen LogP) is 4.43. The number of nitrogens with two attached hydrogens (primary N) is 1. The maximum absolute atomic E-state index is 13.9. The summed E-state index contributed by atoms with van der Waals surface area (Å²) in [6, 6.07) is 9.58. The summed E-state index contributed by atoms with van der Waals surface area (Å²) < 4.78 is 58.3. The van der Waals surface area contributed by atoms with Gasteiger partial charge in [0.1, 0.15) is 12.3 Å². The number of anilines is 1. The number of hydrogen-bond donors (Lipinski definition) is 1. The molecule has 1 saturated heterocycles. The summed E-state index contributed by atoms with van der Waals surface area (Å²) in [5.41, 5.74) is 5.96. The van der Waals surface area contributed by atoms with Gasteiger partial charge in [0.25, 0.3) is 5.91 Å². The lowest BCUT2D eigenvalue weighted by Gasteiger charge is -2.43. The monoisotopic (exact) mass is 588 g/mol. The van der Waals surface area contributed by atoms with E-state index >= 15 is 0 Å². The molecule has 226 valence electrons. The van der Waals surface area contributed by atoms with Crippen molar-refractivity contribution in [3.63, 3.8) is 0 Å². The molecule has 1 atom stereocenters. The van der Waals surface area contributed by atoms with E-state index in [-0.39, 0.29) is 44.8 Å². The van der Waals surface area contributed by atoms with Crippen molar-refractivity contribution in [2.45, 2.75) is 39.4 Å². The Bertz CT molecular complexity index is 1370. The van der Waals surface area contributed by atoms with Crippen LogP contribution in [0.1, 0.15) is 43.2 Å². The van der Waals surface area contributed by atoms with Gasteiger partial charge in [0.15, 0.2) is 5.69 Å². The van der Waals surface area contributed by atoms with Gasteiger partial charge in [0.2, 0.25) is 17.6 Å². The Labute approximate surface area is 242 Å². The van der Waals surface area contributed by atoms with E-state index in [1.807, 2.05) is 32.0 Å². The third-order valence-electron chi connectivity index (χ3n) is 6.74. The summed E-state index contributed by atoms with van der Waals surface area (Å²) in [5.74, 6) is -0.106. The lowest BCUT2D eigenvalue weighted by atomic mass is 10.1. The van der Waals surface area contributed by atoms with E-state index in [0.29, 0.717) is 48.3 Å². The first-order chi connectivity index (χ1) is 20.2. The molecule has 10 nitrogen and oxygen atoms in total. The molecule has 0 bridgehead atoms. The number of aromatic nitrogens is 3. The number of carbonyl (C=O) groups is 1. The highest BCUT2D eigenvalue weighted by atomic mass is 19.4. The fraction of sp³-hybridized carbons (Fsp3) is 0.448. The minimum atomic E-state index is -4.82. The Balaban J connectivity index is 1.62. The summed E-state index contributed by atoms with van der Waals surface area (Å²) in [7, 11) is 0. The molecule has 4 heterocycles. The number of alkyl halides is 3. The van der Waals surface area contributed by atoms with E-state index in [2.05, 4.69) is 14.9 Å². The molecule has 42 heavy (non-hydrogen) atoms. The van der Waals surface area contributed by atoms with E-state index in [1.54, 1.807) is 19.2 Å².